The van der Waals surface area contributed by atoms with E-state index >= 15 is 0 Å². The molecule has 0 amide bonds. The molecule has 18 heavy (non-hydrogen) atoms. The van der Waals surface area contributed by atoms with E-state index < -0.39 is 0 Å². The number of nitrogens with zero attached hydrogens (tertiary/aromatic N) is 1. The van der Waals surface area contributed by atoms with Crippen molar-refractivity contribution in [3.05, 3.63) is 66.0 Å². The van der Waals surface area contributed by atoms with E-state index in [0.717, 1.165) is 5.69 Å². The van der Waals surface area contributed by atoms with Gasteiger partial charge in [0, 0.05) is 11.4 Å². The topological polar surface area (TPSA) is 17.0 Å². The Morgan fingerprint density at radius 3 is 2.17 bits per heavy atom. The van der Waals surface area contributed by atoms with Crippen LogP contribution in [0.4, 0.5) is 5.69 Å². The first-order chi connectivity index (χ1) is 8.74. The molecule has 3 aromatic rings. The third-order valence-electron chi connectivity index (χ3n) is 3.26. The smallest absolute Gasteiger partial charge is 0.0552 e. The second kappa shape index (κ2) is 4.22. The summed E-state index contributed by atoms with van der Waals surface area (Å²) in [4.78, 5) is 0. The van der Waals surface area contributed by atoms with E-state index in [-0.39, 0.29) is 0 Å². The Kier molecular flexibility index (Phi) is 2.56. The molecule has 2 nitrogen and oxygen atoms in total. The quantitative estimate of drug-likeness (QED) is 0.707. The molecule has 0 spiro atoms. The maximum atomic E-state index is 3.43. The largest absolute Gasteiger partial charge is 0.294 e. The normalized spacial score (nSPS) is 10.8. The number of fused-ring (bicyclic) bond motifs is 1. The predicted molar refractivity (Wildman–Crippen MR) is 76.9 cm³/mol. The van der Waals surface area contributed by atoms with Crippen LogP contribution in [0.1, 0.15) is 11.4 Å². The lowest BCUT2D eigenvalue weighted by molar-refractivity contribution is 0.882. The van der Waals surface area contributed by atoms with Crippen LogP contribution in [0.15, 0.2) is 54.6 Å². The zero-order valence-electron chi connectivity index (χ0n) is 10.6. The van der Waals surface area contributed by atoms with Crippen molar-refractivity contribution < 1.29 is 0 Å². The number of anilines is 1. The molecule has 0 aliphatic carbocycles. The van der Waals surface area contributed by atoms with Crippen LogP contribution in [-0.2, 0) is 0 Å². The lowest BCUT2D eigenvalue weighted by atomic mass is 10.1. The third-order valence-corrected chi connectivity index (χ3v) is 3.26. The first-order valence-electron chi connectivity index (χ1n) is 6.15. The molecule has 1 heterocycles. The molecule has 2 aromatic carbocycles. The summed E-state index contributed by atoms with van der Waals surface area (Å²) >= 11 is 0. The highest BCUT2D eigenvalue weighted by Crippen LogP contribution is 2.19. The highest BCUT2D eigenvalue weighted by molar-refractivity contribution is 5.85. The van der Waals surface area contributed by atoms with E-state index in [2.05, 4.69) is 78.5 Å². The Hall–Kier alpha value is -2.22. The summed E-state index contributed by atoms with van der Waals surface area (Å²) in [5.41, 5.74) is 6.95. The number of rotatable bonds is 2. The lowest BCUT2D eigenvalue weighted by Gasteiger charge is -2.13. The first-order valence-corrected chi connectivity index (χ1v) is 6.15. The Balaban J connectivity index is 2.00. The van der Waals surface area contributed by atoms with Gasteiger partial charge in [0.1, 0.15) is 0 Å². The van der Waals surface area contributed by atoms with Crippen molar-refractivity contribution >= 4 is 16.5 Å². The van der Waals surface area contributed by atoms with Crippen molar-refractivity contribution in [3.63, 3.8) is 0 Å². The summed E-state index contributed by atoms with van der Waals surface area (Å²) in [6, 6.07) is 19.1. The maximum Gasteiger partial charge on any atom is 0.0552 e. The van der Waals surface area contributed by atoms with Crippen LogP contribution in [0, 0.1) is 13.8 Å². The van der Waals surface area contributed by atoms with Gasteiger partial charge in [0.15, 0.2) is 0 Å². The highest BCUT2D eigenvalue weighted by atomic mass is 15.4. The van der Waals surface area contributed by atoms with Gasteiger partial charge in [0.05, 0.1) is 5.69 Å². The minimum Gasteiger partial charge on any atom is -0.294 e. The Labute approximate surface area is 107 Å². The molecule has 3 rings (SSSR count). The molecule has 0 bridgehead atoms. The van der Waals surface area contributed by atoms with E-state index in [9.17, 15) is 0 Å². The van der Waals surface area contributed by atoms with Gasteiger partial charge in [-0.1, -0.05) is 30.3 Å². The van der Waals surface area contributed by atoms with Crippen molar-refractivity contribution in [3.8, 4) is 0 Å². The van der Waals surface area contributed by atoms with E-state index in [0.29, 0.717) is 0 Å². The molecule has 0 aliphatic rings. The Bertz CT molecular complexity index is 676. The second-order valence-corrected chi connectivity index (χ2v) is 4.63. The minimum atomic E-state index is 1.11. The third kappa shape index (κ3) is 1.86. The van der Waals surface area contributed by atoms with Gasteiger partial charge in [-0.3, -0.25) is 10.1 Å². The van der Waals surface area contributed by atoms with Crippen LogP contribution in [0.3, 0.4) is 0 Å². The number of hydrogen-bond acceptors (Lipinski definition) is 1. The average molecular weight is 236 g/mol. The van der Waals surface area contributed by atoms with Crippen LogP contribution >= 0.6 is 0 Å². The number of nitrogens with one attached hydrogen (secondary N) is 1. The van der Waals surface area contributed by atoms with Crippen molar-refractivity contribution in [2.45, 2.75) is 13.8 Å². The molecule has 1 aromatic heterocycles. The van der Waals surface area contributed by atoms with Crippen molar-refractivity contribution in [2.24, 2.45) is 0 Å². The van der Waals surface area contributed by atoms with Crippen LogP contribution in [0.25, 0.3) is 10.8 Å². The molecule has 0 saturated heterocycles. The zero-order valence-corrected chi connectivity index (χ0v) is 10.6. The van der Waals surface area contributed by atoms with E-state index in [1.807, 2.05) is 0 Å². The SMILES string of the molecule is Cc1ccc(C)n1Nc1ccc2ccccc2c1. The number of aryl methyl sites for hydroxylation is 2. The summed E-state index contributed by atoms with van der Waals surface area (Å²) in [5, 5.41) is 2.52. The molecule has 1 N–H and O–H groups in total. The standard InChI is InChI=1S/C16H16N2/c1-12-7-8-13(2)18(12)17-16-10-9-14-5-3-4-6-15(14)11-16/h3-11,17H,1-2H3. The summed E-state index contributed by atoms with van der Waals surface area (Å²) in [5.74, 6) is 0. The fraction of sp³-hybridized carbons (Fsp3) is 0.125. The molecule has 90 valence electrons. The monoisotopic (exact) mass is 236 g/mol. The number of benzene rings is 2. The fourth-order valence-electron chi connectivity index (χ4n) is 2.23. The molecular formula is C16H16N2. The molecule has 0 unspecified atom stereocenters. The molecule has 2 heteroatoms. The van der Waals surface area contributed by atoms with Crippen LogP contribution in [0.5, 0.6) is 0 Å². The van der Waals surface area contributed by atoms with Crippen molar-refractivity contribution in [1.82, 2.24) is 4.68 Å². The van der Waals surface area contributed by atoms with Gasteiger partial charge in [-0.05, 0) is 48.9 Å². The van der Waals surface area contributed by atoms with Gasteiger partial charge in [-0.15, -0.1) is 0 Å². The van der Waals surface area contributed by atoms with Gasteiger partial charge in [0.25, 0.3) is 0 Å². The van der Waals surface area contributed by atoms with Gasteiger partial charge in [0.2, 0.25) is 0 Å². The van der Waals surface area contributed by atoms with E-state index in [1.165, 1.54) is 22.2 Å². The Morgan fingerprint density at radius 1 is 0.778 bits per heavy atom. The average Bonchev–Trinajstić information content (AvgIpc) is 2.70. The van der Waals surface area contributed by atoms with Gasteiger partial charge in [-0.2, -0.15) is 0 Å². The fourth-order valence-corrected chi connectivity index (χ4v) is 2.23. The molecule has 0 fully saturated rings. The number of hydrogen-bond donors (Lipinski definition) is 1. The lowest BCUT2D eigenvalue weighted by Crippen LogP contribution is -2.11. The van der Waals surface area contributed by atoms with Gasteiger partial charge < -0.3 is 0 Å². The summed E-state index contributed by atoms with van der Waals surface area (Å²) in [7, 11) is 0. The number of aromatic nitrogens is 1. The molecule has 0 atom stereocenters. The first kappa shape index (κ1) is 10.9. The predicted octanol–water partition coefficient (Wildman–Crippen LogP) is 4.13. The van der Waals surface area contributed by atoms with Crippen molar-refractivity contribution in [2.75, 3.05) is 5.43 Å². The maximum absolute atomic E-state index is 3.43. The van der Waals surface area contributed by atoms with E-state index in [1.54, 1.807) is 0 Å². The van der Waals surface area contributed by atoms with Crippen LogP contribution in [-0.4, -0.2) is 4.68 Å². The molecule has 0 aliphatic heterocycles. The van der Waals surface area contributed by atoms with Crippen LogP contribution in [0.2, 0.25) is 0 Å². The summed E-state index contributed by atoms with van der Waals surface area (Å²) in [6.45, 7) is 4.20. The van der Waals surface area contributed by atoms with Crippen molar-refractivity contribution in [1.29, 1.82) is 0 Å². The zero-order chi connectivity index (χ0) is 12.5. The highest BCUT2D eigenvalue weighted by Gasteiger charge is 2.01. The van der Waals surface area contributed by atoms with Crippen LogP contribution < -0.4 is 5.43 Å². The second-order valence-electron chi connectivity index (χ2n) is 4.63. The summed E-state index contributed by atoms with van der Waals surface area (Å²) < 4.78 is 2.10. The molecular weight excluding hydrogens is 220 g/mol. The summed E-state index contributed by atoms with van der Waals surface area (Å²) in [6.07, 6.45) is 0. The Morgan fingerprint density at radius 2 is 1.44 bits per heavy atom. The molecule has 0 radical (unpaired) electrons. The van der Waals surface area contributed by atoms with Gasteiger partial charge in [-0.25, -0.2) is 0 Å². The molecule has 0 saturated carbocycles. The minimum absolute atomic E-state index is 1.11. The van der Waals surface area contributed by atoms with Gasteiger partial charge >= 0.3 is 0 Å². The van der Waals surface area contributed by atoms with E-state index in [4.69, 9.17) is 0 Å².